The van der Waals surface area contributed by atoms with Gasteiger partial charge in [-0.05, 0) is 43.7 Å². The van der Waals surface area contributed by atoms with Gasteiger partial charge in [-0.15, -0.1) is 12.4 Å². The number of nitrogens with two attached hydrogens (primary N) is 1. The van der Waals surface area contributed by atoms with E-state index in [4.69, 9.17) is 5.73 Å². The van der Waals surface area contributed by atoms with Gasteiger partial charge in [-0.1, -0.05) is 43.7 Å². The zero-order valence-corrected chi connectivity index (χ0v) is 15.2. The molecule has 2 N–H and O–H groups in total. The van der Waals surface area contributed by atoms with Gasteiger partial charge >= 0.3 is 0 Å². The number of hydrogen-bond donors (Lipinski definition) is 1. The van der Waals surface area contributed by atoms with Crippen molar-refractivity contribution in [1.82, 2.24) is 4.90 Å². The van der Waals surface area contributed by atoms with E-state index in [-0.39, 0.29) is 23.7 Å². The molecule has 1 aromatic carbocycles. The summed E-state index contributed by atoms with van der Waals surface area (Å²) in [6.45, 7) is 7.60. The van der Waals surface area contributed by atoms with Gasteiger partial charge < -0.3 is 10.6 Å². The van der Waals surface area contributed by atoms with E-state index in [0.717, 1.165) is 25.8 Å². The molecule has 0 heterocycles. The predicted molar refractivity (Wildman–Crippen MR) is 96.5 cm³/mol. The molecule has 0 radical (unpaired) electrons. The third-order valence-corrected chi connectivity index (χ3v) is 3.87. The minimum absolute atomic E-state index is 0. The number of carbonyl (C=O) groups is 1. The number of hydrogen-bond acceptors (Lipinski definition) is 2. The molecule has 0 aliphatic rings. The number of carbonyl (C=O) groups excluding carboxylic acids is 1. The number of nitrogens with zero attached hydrogens (tertiary/aromatic N) is 1. The molecule has 4 heteroatoms. The first-order chi connectivity index (χ1) is 9.84. The summed E-state index contributed by atoms with van der Waals surface area (Å²) in [4.78, 5) is 13.9. The van der Waals surface area contributed by atoms with Crippen molar-refractivity contribution in [2.45, 2.75) is 46.5 Å². The molecular weight excluding hydrogens is 296 g/mol. The first-order valence-electron chi connectivity index (χ1n) is 7.84. The van der Waals surface area contributed by atoms with Crippen molar-refractivity contribution in [2.24, 2.45) is 11.1 Å². The van der Waals surface area contributed by atoms with Gasteiger partial charge in [0.25, 0.3) is 0 Å². The van der Waals surface area contributed by atoms with Crippen LogP contribution in [0.4, 0.5) is 0 Å². The van der Waals surface area contributed by atoms with Gasteiger partial charge in [0.15, 0.2) is 0 Å². The minimum Gasteiger partial charge on any atom is -0.345 e. The van der Waals surface area contributed by atoms with E-state index in [2.05, 4.69) is 45.0 Å². The zero-order valence-electron chi connectivity index (χ0n) is 14.4. The minimum atomic E-state index is -0.00763. The van der Waals surface area contributed by atoms with Crippen LogP contribution < -0.4 is 5.73 Å². The first kappa shape index (κ1) is 20.9. The van der Waals surface area contributed by atoms with Gasteiger partial charge in [-0.25, -0.2) is 0 Å². The largest absolute Gasteiger partial charge is 0.345 e. The van der Waals surface area contributed by atoms with E-state index in [9.17, 15) is 4.79 Å². The van der Waals surface area contributed by atoms with Gasteiger partial charge in [0.2, 0.25) is 5.91 Å². The molecule has 126 valence electrons. The maximum atomic E-state index is 12.1. The maximum absolute atomic E-state index is 12.1. The second kappa shape index (κ2) is 9.86. The highest BCUT2D eigenvalue weighted by atomic mass is 35.5. The van der Waals surface area contributed by atoms with Crippen LogP contribution in [0.3, 0.4) is 0 Å². The lowest BCUT2D eigenvalue weighted by Crippen LogP contribution is -2.39. The Morgan fingerprint density at radius 1 is 1.18 bits per heavy atom. The molecule has 0 aliphatic heterocycles. The van der Waals surface area contributed by atoms with Crippen molar-refractivity contribution in [3.63, 3.8) is 0 Å². The molecule has 0 saturated carbocycles. The first-order valence-corrected chi connectivity index (χ1v) is 7.84. The van der Waals surface area contributed by atoms with E-state index >= 15 is 0 Å². The second-order valence-electron chi connectivity index (χ2n) is 6.81. The molecule has 1 amide bonds. The highest BCUT2D eigenvalue weighted by molar-refractivity contribution is 5.85. The average molecular weight is 327 g/mol. The fraction of sp³-hybridized carbons (Fsp3) is 0.611. The maximum Gasteiger partial charge on any atom is 0.222 e. The standard InChI is InChI=1S/C18H30N2O.ClH/c1-15-9-11-16(12-10-15)7-5-6-8-17(21)20(4)14-18(2,3)13-19;/h9-12H,5-8,13-14,19H2,1-4H3;1H. The van der Waals surface area contributed by atoms with Gasteiger partial charge in [0.1, 0.15) is 0 Å². The van der Waals surface area contributed by atoms with Crippen molar-refractivity contribution >= 4 is 18.3 Å². The number of rotatable bonds is 8. The Morgan fingerprint density at radius 3 is 2.32 bits per heavy atom. The summed E-state index contributed by atoms with van der Waals surface area (Å²) in [6.07, 6.45) is 3.68. The molecule has 0 unspecified atom stereocenters. The normalized spacial score (nSPS) is 11.0. The average Bonchev–Trinajstić information content (AvgIpc) is 2.44. The molecule has 1 rings (SSSR count). The van der Waals surface area contributed by atoms with Crippen LogP contribution in [0.2, 0.25) is 0 Å². The molecule has 0 atom stereocenters. The van der Waals surface area contributed by atoms with Gasteiger partial charge in [-0.3, -0.25) is 4.79 Å². The van der Waals surface area contributed by atoms with E-state index < -0.39 is 0 Å². The smallest absolute Gasteiger partial charge is 0.222 e. The fourth-order valence-corrected chi connectivity index (χ4v) is 2.35. The van der Waals surface area contributed by atoms with Crippen molar-refractivity contribution in [3.8, 4) is 0 Å². The molecular formula is C18H31ClN2O. The summed E-state index contributed by atoms with van der Waals surface area (Å²) >= 11 is 0. The summed E-state index contributed by atoms with van der Waals surface area (Å²) in [7, 11) is 1.87. The van der Waals surface area contributed by atoms with Crippen molar-refractivity contribution in [3.05, 3.63) is 35.4 Å². The Kier molecular flexibility index (Phi) is 9.38. The molecule has 0 aliphatic carbocycles. The SMILES string of the molecule is Cc1ccc(CCCCC(=O)N(C)CC(C)(C)CN)cc1.Cl. The van der Waals surface area contributed by atoms with Crippen LogP contribution in [0.1, 0.15) is 44.2 Å². The Balaban J connectivity index is 0.00000441. The molecule has 0 bridgehead atoms. The topological polar surface area (TPSA) is 46.3 Å². The van der Waals surface area contributed by atoms with E-state index in [1.807, 2.05) is 11.9 Å². The molecule has 22 heavy (non-hydrogen) atoms. The van der Waals surface area contributed by atoms with Gasteiger partial charge in [0.05, 0.1) is 0 Å². The number of aryl methyl sites for hydroxylation is 2. The second-order valence-corrected chi connectivity index (χ2v) is 6.81. The van der Waals surface area contributed by atoms with Crippen LogP contribution in [0.15, 0.2) is 24.3 Å². The van der Waals surface area contributed by atoms with E-state index in [0.29, 0.717) is 13.0 Å². The van der Waals surface area contributed by atoms with Gasteiger partial charge in [0, 0.05) is 20.0 Å². The molecule has 0 fully saturated rings. The quantitative estimate of drug-likeness (QED) is 0.742. The van der Waals surface area contributed by atoms with E-state index in [1.54, 1.807) is 0 Å². The Bertz CT molecular complexity index is 443. The molecule has 0 spiro atoms. The van der Waals surface area contributed by atoms with Crippen LogP contribution in [0, 0.1) is 12.3 Å². The lowest BCUT2D eigenvalue weighted by Gasteiger charge is -2.29. The molecule has 0 aromatic heterocycles. The van der Waals surface area contributed by atoms with Crippen LogP contribution in [0.5, 0.6) is 0 Å². The zero-order chi connectivity index (χ0) is 15.9. The predicted octanol–water partition coefficient (Wildman–Crippen LogP) is 3.57. The van der Waals surface area contributed by atoms with Crippen LogP contribution in [-0.2, 0) is 11.2 Å². The van der Waals surface area contributed by atoms with Crippen LogP contribution in [0.25, 0.3) is 0 Å². The summed E-state index contributed by atoms with van der Waals surface area (Å²) in [5.74, 6) is 0.223. The molecule has 1 aromatic rings. The van der Waals surface area contributed by atoms with Crippen molar-refractivity contribution in [1.29, 1.82) is 0 Å². The molecule has 0 saturated heterocycles. The molecule has 3 nitrogen and oxygen atoms in total. The van der Waals surface area contributed by atoms with Crippen LogP contribution >= 0.6 is 12.4 Å². The summed E-state index contributed by atoms with van der Waals surface area (Å²) < 4.78 is 0. The van der Waals surface area contributed by atoms with Crippen molar-refractivity contribution in [2.75, 3.05) is 20.1 Å². The third-order valence-electron chi connectivity index (χ3n) is 3.87. The van der Waals surface area contributed by atoms with E-state index in [1.165, 1.54) is 11.1 Å². The Hall–Kier alpha value is -1.06. The summed E-state index contributed by atoms with van der Waals surface area (Å²) in [5.41, 5.74) is 8.35. The number of unbranched alkanes of at least 4 members (excludes halogenated alkanes) is 1. The third kappa shape index (κ3) is 7.81. The number of benzene rings is 1. The fourth-order valence-electron chi connectivity index (χ4n) is 2.35. The Morgan fingerprint density at radius 2 is 1.77 bits per heavy atom. The lowest BCUT2D eigenvalue weighted by molar-refractivity contribution is -0.131. The lowest BCUT2D eigenvalue weighted by atomic mass is 9.93. The monoisotopic (exact) mass is 326 g/mol. The highest BCUT2D eigenvalue weighted by Gasteiger charge is 2.20. The Labute approximate surface area is 141 Å². The van der Waals surface area contributed by atoms with Gasteiger partial charge in [-0.2, -0.15) is 0 Å². The number of halogens is 1. The van der Waals surface area contributed by atoms with Crippen molar-refractivity contribution < 1.29 is 4.79 Å². The highest BCUT2D eigenvalue weighted by Crippen LogP contribution is 2.15. The van der Waals surface area contributed by atoms with Crippen LogP contribution in [-0.4, -0.2) is 30.9 Å². The summed E-state index contributed by atoms with van der Waals surface area (Å²) in [5, 5.41) is 0. The number of amides is 1. The summed E-state index contributed by atoms with van der Waals surface area (Å²) in [6, 6.07) is 8.63.